The van der Waals surface area contributed by atoms with Crippen molar-refractivity contribution in [3.05, 3.63) is 16.4 Å². The molecule has 0 radical (unpaired) electrons. The average Bonchev–Trinajstić information content (AvgIpc) is 2.52. The summed E-state index contributed by atoms with van der Waals surface area (Å²) in [5.41, 5.74) is 1.81. The van der Waals surface area contributed by atoms with Gasteiger partial charge in [-0.05, 0) is 26.8 Å². The van der Waals surface area contributed by atoms with E-state index in [1.807, 2.05) is 25.5 Å². The van der Waals surface area contributed by atoms with Crippen LogP contribution in [0.3, 0.4) is 0 Å². The minimum atomic E-state index is -0.118. The number of nitrogens with zero attached hydrogens (tertiary/aromatic N) is 3. The summed E-state index contributed by atoms with van der Waals surface area (Å²) in [6, 6.07) is 2.11. The zero-order valence-electron chi connectivity index (χ0n) is 9.92. The van der Waals surface area contributed by atoms with Gasteiger partial charge in [0.2, 0.25) is 0 Å². The van der Waals surface area contributed by atoms with Gasteiger partial charge < -0.3 is 5.32 Å². The Morgan fingerprint density at radius 1 is 1.56 bits per heavy atom. The van der Waals surface area contributed by atoms with E-state index in [-0.39, 0.29) is 6.04 Å². The van der Waals surface area contributed by atoms with Crippen molar-refractivity contribution in [2.24, 2.45) is 0 Å². The molecule has 1 aromatic heterocycles. The summed E-state index contributed by atoms with van der Waals surface area (Å²) in [7, 11) is 0. The number of halogens is 1. The van der Waals surface area contributed by atoms with Gasteiger partial charge in [0.15, 0.2) is 0 Å². The van der Waals surface area contributed by atoms with Crippen molar-refractivity contribution < 1.29 is 0 Å². The SMILES string of the molecule is CCNC(C#N)CCn1nc(C)c(Cl)c1C. The van der Waals surface area contributed by atoms with E-state index in [9.17, 15) is 0 Å². The second kappa shape index (κ2) is 5.88. The number of hydrogen-bond donors (Lipinski definition) is 1. The lowest BCUT2D eigenvalue weighted by molar-refractivity contribution is 0.494. The van der Waals surface area contributed by atoms with Crippen molar-refractivity contribution in [1.29, 1.82) is 5.26 Å². The molecule has 1 atom stereocenters. The number of rotatable bonds is 5. The molecule has 0 aromatic carbocycles. The van der Waals surface area contributed by atoms with Crippen LogP contribution in [-0.4, -0.2) is 22.4 Å². The van der Waals surface area contributed by atoms with Crippen molar-refractivity contribution in [3.63, 3.8) is 0 Å². The summed E-state index contributed by atoms with van der Waals surface area (Å²) in [5, 5.41) is 17.0. The number of aromatic nitrogens is 2. The van der Waals surface area contributed by atoms with Gasteiger partial charge in [0.25, 0.3) is 0 Å². The Hall–Kier alpha value is -1.05. The highest BCUT2D eigenvalue weighted by molar-refractivity contribution is 6.31. The van der Waals surface area contributed by atoms with E-state index in [0.717, 1.165) is 29.4 Å². The third-order valence-corrected chi connectivity index (χ3v) is 3.08. The molecular weight excluding hydrogens is 224 g/mol. The standard InChI is InChI=1S/C11H17ClN4/c1-4-14-10(7-13)5-6-16-9(3)11(12)8(2)15-16/h10,14H,4-6H2,1-3H3. The predicted octanol–water partition coefficient (Wildman–Crippen LogP) is 2.05. The second-order valence-electron chi connectivity index (χ2n) is 3.74. The van der Waals surface area contributed by atoms with Crippen LogP contribution in [0.5, 0.6) is 0 Å². The van der Waals surface area contributed by atoms with Crippen LogP contribution in [0.1, 0.15) is 24.7 Å². The molecule has 16 heavy (non-hydrogen) atoms. The fourth-order valence-corrected chi connectivity index (χ4v) is 1.74. The Balaban J connectivity index is 2.61. The number of aryl methyl sites for hydroxylation is 2. The van der Waals surface area contributed by atoms with Crippen molar-refractivity contribution in [2.45, 2.75) is 39.8 Å². The van der Waals surface area contributed by atoms with Gasteiger partial charge in [-0.2, -0.15) is 10.4 Å². The normalized spacial score (nSPS) is 12.4. The number of hydrogen-bond acceptors (Lipinski definition) is 3. The Labute approximate surface area is 101 Å². The Bertz CT molecular complexity index is 391. The highest BCUT2D eigenvalue weighted by atomic mass is 35.5. The van der Waals surface area contributed by atoms with Gasteiger partial charge in [0.1, 0.15) is 0 Å². The molecule has 5 heteroatoms. The topological polar surface area (TPSA) is 53.6 Å². The van der Waals surface area contributed by atoms with Crippen LogP contribution in [0.25, 0.3) is 0 Å². The lowest BCUT2D eigenvalue weighted by Crippen LogP contribution is -2.28. The molecule has 0 spiro atoms. The summed E-state index contributed by atoms with van der Waals surface area (Å²) in [4.78, 5) is 0. The van der Waals surface area contributed by atoms with E-state index in [1.165, 1.54) is 0 Å². The monoisotopic (exact) mass is 240 g/mol. The molecule has 0 amide bonds. The fourth-order valence-electron chi connectivity index (χ4n) is 1.60. The van der Waals surface area contributed by atoms with E-state index < -0.39 is 0 Å². The maximum absolute atomic E-state index is 8.90. The summed E-state index contributed by atoms with van der Waals surface area (Å²) in [6.07, 6.45) is 0.739. The molecular formula is C11H17ClN4. The lowest BCUT2D eigenvalue weighted by Gasteiger charge is -2.10. The Morgan fingerprint density at radius 3 is 2.69 bits per heavy atom. The first-order chi connectivity index (χ1) is 7.60. The van der Waals surface area contributed by atoms with E-state index in [0.29, 0.717) is 6.54 Å². The lowest BCUT2D eigenvalue weighted by atomic mass is 10.2. The summed E-state index contributed by atoms with van der Waals surface area (Å²) >= 11 is 6.04. The molecule has 0 aliphatic heterocycles. The molecule has 1 aromatic rings. The van der Waals surface area contributed by atoms with Gasteiger partial charge in [0, 0.05) is 6.54 Å². The third kappa shape index (κ3) is 2.97. The molecule has 1 N–H and O–H groups in total. The highest BCUT2D eigenvalue weighted by Crippen LogP contribution is 2.19. The van der Waals surface area contributed by atoms with Gasteiger partial charge in [-0.1, -0.05) is 18.5 Å². The van der Waals surface area contributed by atoms with Crippen LogP contribution >= 0.6 is 11.6 Å². The summed E-state index contributed by atoms with van der Waals surface area (Å²) < 4.78 is 1.86. The smallest absolute Gasteiger partial charge is 0.0970 e. The Kier molecular flexibility index (Phi) is 4.78. The van der Waals surface area contributed by atoms with Gasteiger partial charge in [-0.15, -0.1) is 0 Å². The maximum Gasteiger partial charge on any atom is 0.0970 e. The van der Waals surface area contributed by atoms with Gasteiger partial charge in [-0.25, -0.2) is 0 Å². The summed E-state index contributed by atoms with van der Waals surface area (Å²) in [6.45, 7) is 7.33. The van der Waals surface area contributed by atoms with Crippen molar-refractivity contribution in [2.75, 3.05) is 6.54 Å². The molecule has 0 aliphatic carbocycles. The third-order valence-electron chi connectivity index (χ3n) is 2.53. The van der Waals surface area contributed by atoms with E-state index in [4.69, 9.17) is 16.9 Å². The number of nitrogens with one attached hydrogen (secondary N) is 1. The molecule has 0 saturated carbocycles. The van der Waals surface area contributed by atoms with E-state index in [1.54, 1.807) is 0 Å². The molecule has 0 bridgehead atoms. The molecule has 0 saturated heterocycles. The maximum atomic E-state index is 8.90. The predicted molar refractivity (Wildman–Crippen MR) is 64.4 cm³/mol. The van der Waals surface area contributed by atoms with E-state index in [2.05, 4.69) is 16.5 Å². The van der Waals surface area contributed by atoms with Crippen LogP contribution in [-0.2, 0) is 6.54 Å². The van der Waals surface area contributed by atoms with Crippen LogP contribution in [0.4, 0.5) is 0 Å². The zero-order chi connectivity index (χ0) is 12.1. The Morgan fingerprint density at radius 2 is 2.25 bits per heavy atom. The van der Waals surface area contributed by atoms with Crippen LogP contribution < -0.4 is 5.32 Å². The largest absolute Gasteiger partial charge is 0.302 e. The highest BCUT2D eigenvalue weighted by Gasteiger charge is 2.11. The van der Waals surface area contributed by atoms with Crippen LogP contribution in [0.2, 0.25) is 5.02 Å². The minimum Gasteiger partial charge on any atom is -0.302 e. The summed E-state index contributed by atoms with van der Waals surface area (Å²) in [5.74, 6) is 0. The van der Waals surface area contributed by atoms with Gasteiger partial charge in [0.05, 0.1) is 28.5 Å². The molecule has 0 fully saturated rings. The fraction of sp³-hybridized carbons (Fsp3) is 0.636. The molecule has 1 heterocycles. The average molecular weight is 241 g/mol. The first-order valence-corrected chi connectivity index (χ1v) is 5.80. The van der Waals surface area contributed by atoms with Crippen molar-refractivity contribution >= 4 is 11.6 Å². The van der Waals surface area contributed by atoms with E-state index >= 15 is 0 Å². The first kappa shape index (κ1) is 13.0. The molecule has 1 rings (SSSR count). The minimum absolute atomic E-state index is 0.118. The van der Waals surface area contributed by atoms with Gasteiger partial charge >= 0.3 is 0 Å². The molecule has 88 valence electrons. The quantitative estimate of drug-likeness (QED) is 0.857. The molecule has 4 nitrogen and oxygen atoms in total. The molecule has 0 aliphatic rings. The second-order valence-corrected chi connectivity index (χ2v) is 4.11. The van der Waals surface area contributed by atoms with Gasteiger partial charge in [-0.3, -0.25) is 4.68 Å². The van der Waals surface area contributed by atoms with Crippen molar-refractivity contribution in [1.82, 2.24) is 15.1 Å². The zero-order valence-corrected chi connectivity index (χ0v) is 10.7. The van der Waals surface area contributed by atoms with Crippen molar-refractivity contribution in [3.8, 4) is 6.07 Å². The van der Waals surface area contributed by atoms with Crippen LogP contribution in [0.15, 0.2) is 0 Å². The first-order valence-electron chi connectivity index (χ1n) is 5.42. The van der Waals surface area contributed by atoms with Crippen LogP contribution in [0, 0.1) is 25.2 Å². The number of nitriles is 1. The molecule has 1 unspecified atom stereocenters.